The fraction of sp³-hybridized carbons (Fsp3) is 1.00. The largest absolute Gasteiger partial charge is 0.388 e. The molecule has 1 rings (SSSR count). The summed E-state index contributed by atoms with van der Waals surface area (Å²) in [7, 11) is 8.67. The van der Waals surface area contributed by atoms with Crippen molar-refractivity contribution in [3.8, 4) is 0 Å². The van der Waals surface area contributed by atoms with Crippen LogP contribution in [0.3, 0.4) is 0 Å². The Morgan fingerprint density at radius 2 is 1.16 bits per heavy atom. The highest BCUT2D eigenvalue weighted by atomic mass is 16.5. The van der Waals surface area contributed by atoms with Crippen molar-refractivity contribution in [3.63, 3.8) is 0 Å². The summed E-state index contributed by atoms with van der Waals surface area (Å²) >= 11 is 0. The van der Waals surface area contributed by atoms with Crippen LogP contribution in [0.25, 0.3) is 0 Å². The Bertz CT molecular complexity index is 147. The molecule has 25 heavy (non-hydrogen) atoms. The van der Waals surface area contributed by atoms with E-state index in [0.717, 1.165) is 5.92 Å². The van der Waals surface area contributed by atoms with Crippen LogP contribution in [0, 0.1) is 5.92 Å². The highest BCUT2D eigenvalue weighted by molar-refractivity contribution is 4.59. The second-order valence-electron chi connectivity index (χ2n) is 5.84. The molecule has 0 saturated carbocycles. The summed E-state index contributed by atoms with van der Waals surface area (Å²) in [6, 6.07) is 0. The Balaban J connectivity index is -0.0000000723. The van der Waals surface area contributed by atoms with Crippen LogP contribution < -0.4 is 0 Å². The van der Waals surface area contributed by atoms with Crippen LogP contribution in [0.5, 0.6) is 0 Å². The Morgan fingerprint density at radius 3 is 1.36 bits per heavy atom. The van der Waals surface area contributed by atoms with E-state index in [4.69, 9.17) is 0 Å². The zero-order valence-electron chi connectivity index (χ0n) is 20.2. The first-order chi connectivity index (χ1) is 12.0. The normalized spacial score (nSPS) is 13.0. The van der Waals surface area contributed by atoms with E-state index in [0.29, 0.717) is 0 Å². The van der Waals surface area contributed by atoms with E-state index in [-0.39, 0.29) is 0 Å². The van der Waals surface area contributed by atoms with Crippen LogP contribution in [0.2, 0.25) is 0 Å². The van der Waals surface area contributed by atoms with Gasteiger partial charge in [-0.05, 0) is 38.9 Å². The molecule has 0 aliphatic carbocycles. The molecule has 0 N–H and O–H groups in total. The van der Waals surface area contributed by atoms with E-state index < -0.39 is 0 Å². The van der Waals surface area contributed by atoms with Crippen molar-refractivity contribution in [3.05, 3.63) is 0 Å². The van der Waals surface area contributed by atoms with Crippen molar-refractivity contribution < 1.29 is 9.47 Å². The lowest BCUT2D eigenvalue weighted by molar-refractivity contribution is 0.277. The smallest absolute Gasteiger partial charge is 0.0351 e. The summed E-state index contributed by atoms with van der Waals surface area (Å²) < 4.78 is 8.50. The minimum atomic E-state index is 0.955. The molecule has 0 aromatic rings. The number of rotatable bonds is 5. The maximum absolute atomic E-state index is 4.25. The average molecular weight is 366 g/mol. The lowest BCUT2D eigenvalue weighted by Gasteiger charge is -2.05. The molecule has 160 valence electrons. The highest BCUT2D eigenvalue weighted by Gasteiger charge is 2.03. The quantitative estimate of drug-likeness (QED) is 0.494. The average Bonchev–Trinajstić information content (AvgIpc) is 3.11. The topological polar surface area (TPSA) is 21.7 Å². The summed E-state index contributed by atoms with van der Waals surface area (Å²) in [6.45, 7) is 17.5. The number of unbranched alkanes of at least 4 members (excludes halogenated alkanes) is 2. The minimum Gasteiger partial charge on any atom is -0.388 e. The molecule has 3 heteroatoms. The predicted molar refractivity (Wildman–Crippen MR) is 119 cm³/mol. The zero-order chi connectivity index (χ0) is 20.9. The fourth-order valence-corrected chi connectivity index (χ4v) is 1.82. The number of likely N-dealkylation sites (tertiary alicyclic amines) is 1. The van der Waals surface area contributed by atoms with Crippen LogP contribution in [-0.2, 0) is 9.47 Å². The molecular formula is C22H55NO2. The molecule has 0 spiro atoms. The van der Waals surface area contributed by atoms with Crippen LogP contribution in [0.1, 0.15) is 93.4 Å². The van der Waals surface area contributed by atoms with Crippen LogP contribution in [-0.4, -0.2) is 53.5 Å². The Morgan fingerprint density at radius 1 is 0.800 bits per heavy atom. The lowest BCUT2D eigenvalue weighted by atomic mass is 10.0. The molecule has 1 heterocycles. The number of hydrogen-bond acceptors (Lipinski definition) is 3. The van der Waals surface area contributed by atoms with Gasteiger partial charge in [-0.3, -0.25) is 0 Å². The van der Waals surface area contributed by atoms with E-state index >= 15 is 0 Å². The first-order valence-corrected chi connectivity index (χ1v) is 10.5. The molecule has 1 aliphatic heterocycles. The summed E-state index contributed by atoms with van der Waals surface area (Å²) in [6.07, 6.45) is 9.83. The Labute approximate surface area is 162 Å². The Hall–Kier alpha value is -0.120. The van der Waals surface area contributed by atoms with Crippen LogP contribution in [0.15, 0.2) is 0 Å². The maximum atomic E-state index is 4.25. The van der Waals surface area contributed by atoms with E-state index in [9.17, 15) is 0 Å². The van der Waals surface area contributed by atoms with Crippen molar-refractivity contribution in [1.29, 1.82) is 0 Å². The van der Waals surface area contributed by atoms with Gasteiger partial charge in [0.2, 0.25) is 0 Å². The third-order valence-electron chi connectivity index (χ3n) is 3.33. The fourth-order valence-electron chi connectivity index (χ4n) is 1.82. The number of ether oxygens (including phenoxy) is 2. The predicted octanol–water partition coefficient (Wildman–Crippen LogP) is 6.90. The first-order valence-electron chi connectivity index (χ1n) is 10.5. The van der Waals surface area contributed by atoms with Gasteiger partial charge in [-0.15, -0.1) is 0 Å². The van der Waals surface area contributed by atoms with Gasteiger partial charge in [0.1, 0.15) is 0 Å². The Kier molecular flexibility index (Phi) is 63.0. The molecule has 1 fully saturated rings. The van der Waals surface area contributed by atoms with Crippen molar-refractivity contribution in [2.75, 3.05) is 48.6 Å². The molecule has 0 radical (unpaired) electrons. The summed E-state index contributed by atoms with van der Waals surface area (Å²) in [5.74, 6) is 0.955. The van der Waals surface area contributed by atoms with Crippen molar-refractivity contribution in [2.24, 2.45) is 5.92 Å². The molecular weight excluding hydrogens is 310 g/mol. The summed E-state index contributed by atoms with van der Waals surface area (Å²) in [5.41, 5.74) is 0. The van der Waals surface area contributed by atoms with Crippen molar-refractivity contribution in [2.45, 2.75) is 93.4 Å². The van der Waals surface area contributed by atoms with E-state index in [1.807, 2.05) is 27.7 Å². The molecule has 1 saturated heterocycles. The number of nitrogens with zero attached hydrogens (tertiary/aromatic N) is 1. The molecule has 0 aromatic carbocycles. The lowest BCUT2D eigenvalue weighted by Crippen LogP contribution is -2.10. The maximum Gasteiger partial charge on any atom is 0.0351 e. The van der Waals surface area contributed by atoms with E-state index in [1.54, 1.807) is 28.4 Å². The molecule has 3 nitrogen and oxygen atoms in total. The molecule has 0 bridgehead atoms. The molecule has 1 aliphatic rings. The van der Waals surface area contributed by atoms with Crippen LogP contribution in [0.4, 0.5) is 0 Å². The van der Waals surface area contributed by atoms with Gasteiger partial charge in [-0.2, -0.15) is 0 Å². The summed E-state index contributed by atoms with van der Waals surface area (Å²) in [5, 5.41) is 0. The van der Waals surface area contributed by atoms with Gasteiger partial charge < -0.3 is 14.4 Å². The van der Waals surface area contributed by atoms with Crippen molar-refractivity contribution in [1.82, 2.24) is 4.90 Å². The van der Waals surface area contributed by atoms with Gasteiger partial charge in [-0.25, -0.2) is 0 Å². The standard InChI is InChI=1S/C9H20.C5H11N.2C2H6O.2C2H6/c1-4-6-7-8-9(3)5-2;1-6-4-2-3-5-6;2*1-3-2;2*1-2/h9H,4-8H2,1-3H3;2-5H2,1H3;2*1-2H3;2*1-2H3. The van der Waals surface area contributed by atoms with Crippen LogP contribution >= 0.6 is 0 Å². The first kappa shape index (κ1) is 35.9. The van der Waals surface area contributed by atoms with Gasteiger partial charge in [0.25, 0.3) is 0 Å². The molecule has 1 atom stereocenters. The van der Waals surface area contributed by atoms with Gasteiger partial charge in [0.15, 0.2) is 0 Å². The van der Waals surface area contributed by atoms with Gasteiger partial charge in [0, 0.05) is 28.4 Å². The van der Waals surface area contributed by atoms with E-state index in [2.05, 4.69) is 42.2 Å². The molecule has 1 unspecified atom stereocenters. The molecule has 0 aromatic heterocycles. The zero-order valence-corrected chi connectivity index (χ0v) is 20.2. The van der Waals surface area contributed by atoms with Crippen molar-refractivity contribution >= 4 is 0 Å². The minimum absolute atomic E-state index is 0.955. The van der Waals surface area contributed by atoms with E-state index in [1.165, 1.54) is 58.0 Å². The SMILES string of the molecule is CC.CC.CCCCCC(C)CC.CN1CCCC1.COC.COC. The summed E-state index contributed by atoms with van der Waals surface area (Å²) in [4.78, 5) is 2.36. The number of methoxy groups -OCH3 is 2. The third kappa shape index (κ3) is 59.3. The molecule has 0 amide bonds. The second kappa shape index (κ2) is 43.9. The van der Waals surface area contributed by atoms with Gasteiger partial charge >= 0.3 is 0 Å². The monoisotopic (exact) mass is 365 g/mol. The second-order valence-corrected chi connectivity index (χ2v) is 5.84. The van der Waals surface area contributed by atoms with Gasteiger partial charge in [-0.1, -0.05) is 80.6 Å². The number of hydrogen-bond donors (Lipinski definition) is 0. The van der Waals surface area contributed by atoms with Gasteiger partial charge in [0.05, 0.1) is 0 Å². The third-order valence-corrected chi connectivity index (χ3v) is 3.33. The highest BCUT2D eigenvalue weighted by Crippen LogP contribution is 2.11.